The van der Waals surface area contributed by atoms with E-state index in [0.717, 1.165) is 42.7 Å². The summed E-state index contributed by atoms with van der Waals surface area (Å²) in [6.07, 6.45) is 9.97. The molecule has 1 saturated heterocycles. The van der Waals surface area contributed by atoms with E-state index in [-0.39, 0.29) is 11.7 Å². The average molecular weight is 332 g/mol. The van der Waals surface area contributed by atoms with Crippen LogP contribution in [0.4, 0.5) is 0 Å². The maximum absolute atomic E-state index is 12.6. The van der Waals surface area contributed by atoms with E-state index in [1.807, 2.05) is 33.9 Å². The number of pyridine rings is 1. The Morgan fingerprint density at radius 1 is 1.08 bits per heavy atom. The van der Waals surface area contributed by atoms with Gasteiger partial charge in [-0.3, -0.25) is 9.36 Å². The first kappa shape index (κ1) is 15.3. The van der Waals surface area contributed by atoms with Gasteiger partial charge in [-0.1, -0.05) is 0 Å². The highest BCUT2D eigenvalue weighted by atomic mass is 16.2. The molecule has 0 N–H and O–H groups in total. The summed E-state index contributed by atoms with van der Waals surface area (Å²) in [6, 6.07) is 5.68. The lowest BCUT2D eigenvalue weighted by atomic mass is 10.1. The molecule has 0 aliphatic carbocycles. The van der Waals surface area contributed by atoms with Crippen LogP contribution in [-0.4, -0.2) is 43.4 Å². The highest BCUT2D eigenvalue weighted by molar-refractivity contribution is 5.97. The lowest BCUT2D eigenvalue weighted by Crippen LogP contribution is -2.35. The summed E-state index contributed by atoms with van der Waals surface area (Å²) in [5, 5.41) is 9.67. The Bertz CT molecular complexity index is 963. The third-order valence-electron chi connectivity index (χ3n) is 4.43. The van der Waals surface area contributed by atoms with Crippen LogP contribution in [0.1, 0.15) is 35.4 Å². The summed E-state index contributed by atoms with van der Waals surface area (Å²) in [7, 11) is 0. The van der Waals surface area contributed by atoms with E-state index in [1.54, 1.807) is 18.6 Å². The molecule has 0 spiro atoms. The van der Waals surface area contributed by atoms with E-state index in [2.05, 4.69) is 15.0 Å². The van der Waals surface area contributed by atoms with E-state index < -0.39 is 0 Å². The van der Waals surface area contributed by atoms with E-state index >= 15 is 0 Å². The first-order chi connectivity index (χ1) is 12.3. The number of likely N-dealkylation sites (tertiary alicyclic amines) is 1. The van der Waals surface area contributed by atoms with Crippen LogP contribution < -0.4 is 0 Å². The molecule has 0 radical (unpaired) electrons. The number of fused-ring (bicyclic) bond motifs is 1. The molecule has 7 nitrogen and oxygen atoms in total. The van der Waals surface area contributed by atoms with Crippen molar-refractivity contribution in [1.29, 1.82) is 5.26 Å². The van der Waals surface area contributed by atoms with Gasteiger partial charge in [-0.15, -0.1) is 0 Å². The minimum Gasteiger partial charge on any atom is -0.339 e. The molecule has 0 bridgehead atoms. The Hall–Kier alpha value is -3.27. The van der Waals surface area contributed by atoms with Gasteiger partial charge in [0.1, 0.15) is 11.7 Å². The Morgan fingerprint density at radius 3 is 2.56 bits per heavy atom. The maximum Gasteiger partial charge on any atom is 0.255 e. The monoisotopic (exact) mass is 332 g/mol. The first-order valence-corrected chi connectivity index (χ1v) is 8.25. The van der Waals surface area contributed by atoms with Crippen molar-refractivity contribution in [3.63, 3.8) is 0 Å². The van der Waals surface area contributed by atoms with Crippen molar-refractivity contribution in [1.82, 2.24) is 24.4 Å². The first-order valence-electron chi connectivity index (χ1n) is 8.25. The number of hydrogen-bond acceptors (Lipinski definition) is 5. The van der Waals surface area contributed by atoms with Crippen LogP contribution in [-0.2, 0) is 0 Å². The fourth-order valence-corrected chi connectivity index (χ4v) is 3.13. The van der Waals surface area contributed by atoms with Gasteiger partial charge in [0.2, 0.25) is 5.82 Å². The molecule has 3 aromatic rings. The van der Waals surface area contributed by atoms with Crippen LogP contribution in [0.5, 0.6) is 0 Å². The lowest BCUT2D eigenvalue weighted by molar-refractivity contribution is 0.0724. The van der Waals surface area contributed by atoms with Gasteiger partial charge >= 0.3 is 0 Å². The third kappa shape index (κ3) is 2.83. The van der Waals surface area contributed by atoms with Gasteiger partial charge in [-0.05, 0) is 31.4 Å². The number of carbonyl (C=O) groups excluding carboxylic acids is 1. The van der Waals surface area contributed by atoms with Crippen molar-refractivity contribution >= 4 is 16.9 Å². The zero-order valence-electron chi connectivity index (χ0n) is 13.6. The normalized spacial score (nSPS) is 14.4. The standard InChI is InChI=1S/C18H16N6O/c19-9-16-20-11-15(12-21-16)24-7-4-13-8-14(10-22-17(13)24)18(25)23-5-2-1-3-6-23/h4,7-8,10-12H,1-3,5-6H2. The largest absolute Gasteiger partial charge is 0.339 e. The van der Waals surface area contributed by atoms with Crippen LogP contribution in [0, 0.1) is 11.3 Å². The summed E-state index contributed by atoms with van der Waals surface area (Å²) in [5.41, 5.74) is 2.06. The highest BCUT2D eigenvalue weighted by Gasteiger charge is 2.19. The Balaban J connectivity index is 1.66. The van der Waals surface area contributed by atoms with Crippen LogP contribution >= 0.6 is 0 Å². The van der Waals surface area contributed by atoms with Crippen molar-refractivity contribution in [3.8, 4) is 11.8 Å². The van der Waals surface area contributed by atoms with Crippen molar-refractivity contribution in [3.05, 3.63) is 48.3 Å². The minimum absolute atomic E-state index is 0.0450. The molecule has 3 aromatic heterocycles. The van der Waals surface area contributed by atoms with Gasteiger partial charge in [0.25, 0.3) is 5.91 Å². The number of nitriles is 1. The minimum atomic E-state index is 0.0450. The molecule has 1 aliphatic rings. The van der Waals surface area contributed by atoms with Gasteiger partial charge < -0.3 is 4.90 Å². The van der Waals surface area contributed by atoms with E-state index in [1.165, 1.54) is 6.42 Å². The predicted molar refractivity (Wildman–Crippen MR) is 91.1 cm³/mol. The number of hydrogen-bond donors (Lipinski definition) is 0. The molecular formula is C18H16N6O. The Labute approximate surface area is 144 Å². The van der Waals surface area contributed by atoms with Gasteiger partial charge in [-0.2, -0.15) is 5.26 Å². The average Bonchev–Trinajstić information content (AvgIpc) is 3.11. The van der Waals surface area contributed by atoms with Crippen molar-refractivity contribution in [2.75, 3.05) is 13.1 Å². The number of nitrogens with zero attached hydrogens (tertiary/aromatic N) is 6. The second-order valence-electron chi connectivity index (χ2n) is 6.05. The van der Waals surface area contributed by atoms with E-state index in [0.29, 0.717) is 5.56 Å². The van der Waals surface area contributed by atoms with Crippen LogP contribution in [0.15, 0.2) is 36.9 Å². The molecular weight excluding hydrogens is 316 g/mol. The summed E-state index contributed by atoms with van der Waals surface area (Å²) in [6.45, 7) is 1.64. The van der Waals surface area contributed by atoms with Crippen LogP contribution in [0.25, 0.3) is 16.7 Å². The van der Waals surface area contributed by atoms with Crippen LogP contribution in [0.2, 0.25) is 0 Å². The third-order valence-corrected chi connectivity index (χ3v) is 4.43. The number of aromatic nitrogens is 4. The quantitative estimate of drug-likeness (QED) is 0.718. The van der Waals surface area contributed by atoms with Gasteiger partial charge in [-0.25, -0.2) is 15.0 Å². The SMILES string of the molecule is N#Cc1ncc(-n2ccc3cc(C(=O)N4CCCCC4)cnc32)cn1. The van der Waals surface area contributed by atoms with Crippen molar-refractivity contribution < 1.29 is 4.79 Å². The highest BCUT2D eigenvalue weighted by Crippen LogP contribution is 2.20. The van der Waals surface area contributed by atoms with Gasteiger partial charge in [0.15, 0.2) is 0 Å². The maximum atomic E-state index is 12.6. The fourth-order valence-electron chi connectivity index (χ4n) is 3.13. The number of carbonyl (C=O) groups is 1. The van der Waals surface area contributed by atoms with Crippen LogP contribution in [0.3, 0.4) is 0 Å². The zero-order chi connectivity index (χ0) is 17.2. The molecule has 25 heavy (non-hydrogen) atoms. The van der Waals surface area contributed by atoms with E-state index in [4.69, 9.17) is 5.26 Å². The van der Waals surface area contributed by atoms with Crippen molar-refractivity contribution in [2.24, 2.45) is 0 Å². The molecule has 4 rings (SSSR count). The zero-order valence-corrected chi connectivity index (χ0v) is 13.6. The second-order valence-corrected chi connectivity index (χ2v) is 6.05. The second kappa shape index (κ2) is 6.32. The Kier molecular flexibility index (Phi) is 3.86. The molecule has 1 aliphatic heterocycles. The summed E-state index contributed by atoms with van der Waals surface area (Å²) in [5.74, 6) is 0.172. The van der Waals surface area contributed by atoms with Gasteiger partial charge in [0.05, 0.1) is 23.6 Å². The molecule has 0 aromatic carbocycles. The summed E-state index contributed by atoms with van der Waals surface area (Å²) < 4.78 is 1.84. The fraction of sp³-hybridized carbons (Fsp3) is 0.278. The molecule has 1 fully saturated rings. The summed E-state index contributed by atoms with van der Waals surface area (Å²) >= 11 is 0. The Morgan fingerprint density at radius 2 is 1.84 bits per heavy atom. The molecule has 0 unspecified atom stereocenters. The predicted octanol–water partition coefficient (Wildman–Crippen LogP) is 2.31. The molecule has 1 amide bonds. The number of amides is 1. The summed E-state index contributed by atoms with van der Waals surface area (Å²) in [4.78, 5) is 27.0. The molecule has 0 atom stereocenters. The molecule has 4 heterocycles. The lowest BCUT2D eigenvalue weighted by Gasteiger charge is -2.26. The topological polar surface area (TPSA) is 87.7 Å². The number of rotatable bonds is 2. The van der Waals surface area contributed by atoms with Gasteiger partial charge in [0, 0.05) is 30.9 Å². The van der Waals surface area contributed by atoms with E-state index in [9.17, 15) is 4.79 Å². The smallest absolute Gasteiger partial charge is 0.255 e. The molecule has 7 heteroatoms. The molecule has 0 saturated carbocycles. The molecule has 124 valence electrons. The number of piperidine rings is 1. The van der Waals surface area contributed by atoms with Crippen molar-refractivity contribution in [2.45, 2.75) is 19.3 Å².